The van der Waals surface area contributed by atoms with Crippen molar-refractivity contribution >= 4 is 28.4 Å². The van der Waals surface area contributed by atoms with Crippen LogP contribution in [-0.2, 0) is 0 Å². The maximum absolute atomic E-state index is 11.5. The minimum absolute atomic E-state index is 0.106. The second-order valence-electron chi connectivity index (χ2n) is 4.12. The standard InChI is InChI=1S/C13H14IN3O/c1-8-5-3-4-6-10(8)9(2)17-12-11(14)13(18)16-7-15-12/h3-7,9H,1-2H3,(H2,15,16,17,18). The van der Waals surface area contributed by atoms with Crippen molar-refractivity contribution in [2.45, 2.75) is 19.9 Å². The summed E-state index contributed by atoms with van der Waals surface area (Å²) in [7, 11) is 0. The SMILES string of the molecule is Cc1ccccc1C(C)Nc1nc[nH]c(=O)c1I. The molecule has 0 amide bonds. The zero-order chi connectivity index (χ0) is 13.1. The smallest absolute Gasteiger partial charge is 0.266 e. The molecule has 0 aliphatic heterocycles. The Hall–Kier alpha value is -1.37. The number of rotatable bonds is 3. The van der Waals surface area contributed by atoms with Crippen LogP contribution in [-0.4, -0.2) is 9.97 Å². The van der Waals surface area contributed by atoms with Gasteiger partial charge in [0, 0.05) is 0 Å². The summed E-state index contributed by atoms with van der Waals surface area (Å²) in [6.07, 6.45) is 1.41. The zero-order valence-corrected chi connectivity index (χ0v) is 12.4. The van der Waals surface area contributed by atoms with Crippen LogP contribution in [0.3, 0.4) is 0 Å². The molecule has 18 heavy (non-hydrogen) atoms. The Morgan fingerprint density at radius 1 is 1.39 bits per heavy atom. The van der Waals surface area contributed by atoms with Crippen molar-refractivity contribution in [1.29, 1.82) is 0 Å². The summed E-state index contributed by atoms with van der Waals surface area (Å²) < 4.78 is 0.579. The quantitative estimate of drug-likeness (QED) is 0.833. The van der Waals surface area contributed by atoms with Crippen molar-refractivity contribution in [3.05, 3.63) is 55.6 Å². The fourth-order valence-electron chi connectivity index (χ4n) is 1.84. The molecule has 94 valence electrons. The van der Waals surface area contributed by atoms with Crippen LogP contribution in [0.15, 0.2) is 35.4 Å². The average molecular weight is 355 g/mol. The number of benzene rings is 1. The maximum atomic E-state index is 11.5. The highest BCUT2D eigenvalue weighted by molar-refractivity contribution is 14.1. The topological polar surface area (TPSA) is 57.8 Å². The highest BCUT2D eigenvalue weighted by Gasteiger charge is 2.11. The van der Waals surface area contributed by atoms with Gasteiger partial charge in [0.05, 0.1) is 12.4 Å². The number of anilines is 1. The van der Waals surface area contributed by atoms with Gasteiger partial charge in [0.25, 0.3) is 5.56 Å². The third kappa shape index (κ3) is 2.72. The van der Waals surface area contributed by atoms with Gasteiger partial charge in [-0.1, -0.05) is 24.3 Å². The van der Waals surface area contributed by atoms with Gasteiger partial charge in [0.2, 0.25) is 0 Å². The lowest BCUT2D eigenvalue weighted by molar-refractivity contribution is 0.858. The first-order valence-corrected chi connectivity index (χ1v) is 6.72. The molecule has 1 aromatic heterocycles. The van der Waals surface area contributed by atoms with Gasteiger partial charge in [-0.2, -0.15) is 0 Å². The Labute approximate surface area is 119 Å². The van der Waals surface area contributed by atoms with Gasteiger partial charge in [-0.25, -0.2) is 4.98 Å². The third-order valence-corrected chi connectivity index (χ3v) is 3.81. The highest BCUT2D eigenvalue weighted by atomic mass is 127. The molecule has 2 aromatic rings. The number of aromatic amines is 1. The molecule has 1 heterocycles. The Balaban J connectivity index is 2.27. The molecule has 2 N–H and O–H groups in total. The molecule has 0 radical (unpaired) electrons. The van der Waals surface area contributed by atoms with Gasteiger partial charge in [-0.15, -0.1) is 0 Å². The molecule has 0 spiro atoms. The van der Waals surface area contributed by atoms with E-state index in [1.54, 1.807) is 0 Å². The van der Waals surface area contributed by atoms with Crippen LogP contribution in [0.2, 0.25) is 0 Å². The molecule has 0 saturated carbocycles. The normalized spacial score (nSPS) is 12.2. The lowest BCUT2D eigenvalue weighted by Crippen LogP contribution is -2.17. The van der Waals surface area contributed by atoms with Crippen LogP contribution >= 0.6 is 22.6 Å². The molecule has 0 aliphatic carbocycles. The minimum atomic E-state index is -0.120. The first-order chi connectivity index (χ1) is 8.59. The van der Waals surface area contributed by atoms with E-state index in [1.165, 1.54) is 17.5 Å². The number of aromatic nitrogens is 2. The van der Waals surface area contributed by atoms with Crippen LogP contribution in [0.1, 0.15) is 24.1 Å². The first kappa shape index (κ1) is 13.1. The highest BCUT2D eigenvalue weighted by Crippen LogP contribution is 2.22. The monoisotopic (exact) mass is 355 g/mol. The molecule has 0 saturated heterocycles. The summed E-state index contributed by atoms with van der Waals surface area (Å²) >= 11 is 2.00. The Kier molecular flexibility index (Phi) is 4.00. The van der Waals surface area contributed by atoms with Crippen molar-refractivity contribution in [2.24, 2.45) is 0 Å². The minimum Gasteiger partial charge on any atom is -0.362 e. The van der Waals surface area contributed by atoms with E-state index in [0.717, 1.165) is 0 Å². The molecular formula is C13H14IN3O. The predicted molar refractivity (Wildman–Crippen MR) is 80.8 cm³/mol. The number of aryl methyl sites for hydroxylation is 1. The van der Waals surface area contributed by atoms with Crippen LogP contribution in [0.25, 0.3) is 0 Å². The van der Waals surface area contributed by atoms with Gasteiger partial charge < -0.3 is 10.3 Å². The van der Waals surface area contributed by atoms with E-state index in [0.29, 0.717) is 9.39 Å². The molecule has 1 aromatic carbocycles. The van der Waals surface area contributed by atoms with Crippen LogP contribution in [0.4, 0.5) is 5.82 Å². The van der Waals surface area contributed by atoms with Gasteiger partial charge >= 0.3 is 0 Å². The van der Waals surface area contributed by atoms with E-state index in [1.807, 2.05) is 34.7 Å². The molecule has 1 atom stereocenters. The molecule has 0 aliphatic rings. The Bertz CT molecular complexity index is 609. The van der Waals surface area contributed by atoms with Gasteiger partial charge in [0.1, 0.15) is 9.39 Å². The summed E-state index contributed by atoms with van der Waals surface area (Å²) in [6, 6.07) is 8.28. The van der Waals surface area contributed by atoms with E-state index >= 15 is 0 Å². The Morgan fingerprint density at radius 3 is 2.83 bits per heavy atom. The number of H-pyrrole nitrogens is 1. The van der Waals surface area contributed by atoms with E-state index in [2.05, 4.69) is 41.3 Å². The summed E-state index contributed by atoms with van der Waals surface area (Å²) in [5.74, 6) is 0.620. The lowest BCUT2D eigenvalue weighted by atomic mass is 10.0. The summed E-state index contributed by atoms with van der Waals surface area (Å²) in [5, 5.41) is 3.27. The summed E-state index contributed by atoms with van der Waals surface area (Å²) in [4.78, 5) is 18.2. The summed E-state index contributed by atoms with van der Waals surface area (Å²) in [6.45, 7) is 4.13. The number of nitrogens with zero attached hydrogens (tertiary/aromatic N) is 1. The molecule has 0 fully saturated rings. The second kappa shape index (κ2) is 5.51. The van der Waals surface area contributed by atoms with E-state index in [-0.39, 0.29) is 11.6 Å². The average Bonchev–Trinajstić information content (AvgIpc) is 2.35. The number of nitrogens with one attached hydrogen (secondary N) is 2. The van der Waals surface area contributed by atoms with Gasteiger partial charge in [-0.3, -0.25) is 4.79 Å². The lowest BCUT2D eigenvalue weighted by Gasteiger charge is -2.17. The number of hydrogen-bond donors (Lipinski definition) is 2. The van der Waals surface area contributed by atoms with E-state index in [4.69, 9.17) is 0 Å². The fraction of sp³-hybridized carbons (Fsp3) is 0.231. The first-order valence-electron chi connectivity index (χ1n) is 5.65. The van der Waals surface area contributed by atoms with Crippen molar-refractivity contribution in [1.82, 2.24) is 9.97 Å². The van der Waals surface area contributed by atoms with Gasteiger partial charge in [0.15, 0.2) is 0 Å². The fourth-order valence-corrected chi connectivity index (χ4v) is 2.29. The third-order valence-electron chi connectivity index (χ3n) is 2.80. The van der Waals surface area contributed by atoms with Crippen LogP contribution < -0.4 is 10.9 Å². The maximum Gasteiger partial charge on any atom is 0.266 e. The zero-order valence-electron chi connectivity index (χ0n) is 10.2. The van der Waals surface area contributed by atoms with Crippen molar-refractivity contribution in [3.8, 4) is 0 Å². The Morgan fingerprint density at radius 2 is 2.11 bits per heavy atom. The largest absolute Gasteiger partial charge is 0.362 e. The number of hydrogen-bond acceptors (Lipinski definition) is 3. The van der Waals surface area contributed by atoms with E-state index < -0.39 is 0 Å². The van der Waals surface area contributed by atoms with Crippen molar-refractivity contribution in [2.75, 3.05) is 5.32 Å². The summed E-state index contributed by atoms with van der Waals surface area (Å²) in [5.41, 5.74) is 2.30. The van der Waals surface area contributed by atoms with Crippen molar-refractivity contribution < 1.29 is 0 Å². The second-order valence-corrected chi connectivity index (χ2v) is 5.20. The molecule has 1 unspecified atom stereocenters. The van der Waals surface area contributed by atoms with Gasteiger partial charge in [-0.05, 0) is 47.6 Å². The van der Waals surface area contributed by atoms with Crippen LogP contribution in [0.5, 0.6) is 0 Å². The molecule has 2 rings (SSSR count). The van der Waals surface area contributed by atoms with E-state index in [9.17, 15) is 4.79 Å². The predicted octanol–water partition coefficient (Wildman–Crippen LogP) is 2.86. The van der Waals surface area contributed by atoms with Crippen molar-refractivity contribution in [3.63, 3.8) is 0 Å². The molecular weight excluding hydrogens is 341 g/mol. The van der Waals surface area contributed by atoms with Crippen LogP contribution in [0, 0.1) is 10.5 Å². The number of halogens is 1. The molecule has 0 bridgehead atoms. The molecule has 5 heteroatoms. The molecule has 4 nitrogen and oxygen atoms in total.